The lowest BCUT2D eigenvalue weighted by atomic mass is 10.2. The van der Waals surface area contributed by atoms with Crippen molar-refractivity contribution in [1.82, 2.24) is 0 Å². The fourth-order valence-electron chi connectivity index (χ4n) is 1.23. The molecule has 0 spiro atoms. The van der Waals surface area contributed by atoms with E-state index >= 15 is 0 Å². The molecular formula is C12H12INO4. The van der Waals surface area contributed by atoms with Gasteiger partial charge in [-0.2, -0.15) is 5.26 Å². The first-order valence-electron chi connectivity index (χ1n) is 5.18. The molecule has 0 atom stereocenters. The van der Waals surface area contributed by atoms with Crippen molar-refractivity contribution in [3.63, 3.8) is 0 Å². The second kappa shape index (κ2) is 7.06. The molecule has 0 amide bonds. The fourth-order valence-corrected chi connectivity index (χ4v) is 1.98. The van der Waals surface area contributed by atoms with Crippen molar-refractivity contribution in [1.29, 1.82) is 5.26 Å². The van der Waals surface area contributed by atoms with Crippen molar-refractivity contribution in [2.24, 2.45) is 0 Å². The Bertz CT molecular complexity index is 482. The molecular weight excluding hydrogens is 349 g/mol. The van der Waals surface area contributed by atoms with Crippen molar-refractivity contribution < 1.29 is 19.0 Å². The quantitative estimate of drug-likeness (QED) is 0.594. The van der Waals surface area contributed by atoms with Crippen LogP contribution >= 0.6 is 22.6 Å². The van der Waals surface area contributed by atoms with Crippen molar-refractivity contribution in [2.45, 2.75) is 6.92 Å². The Labute approximate surface area is 119 Å². The van der Waals surface area contributed by atoms with Crippen LogP contribution in [0.5, 0.6) is 11.5 Å². The standard InChI is InChI=1S/C12H12INO4/c1-3-17-10-5-8(6-14)4-9(13)12(10)18-7-11(15)16-2/h4-5H,3,7H2,1-2H3. The molecule has 18 heavy (non-hydrogen) atoms. The minimum absolute atomic E-state index is 0.196. The summed E-state index contributed by atoms with van der Waals surface area (Å²) in [7, 11) is 1.29. The summed E-state index contributed by atoms with van der Waals surface area (Å²) >= 11 is 2.03. The van der Waals surface area contributed by atoms with E-state index in [9.17, 15) is 4.79 Å². The van der Waals surface area contributed by atoms with E-state index in [1.165, 1.54) is 7.11 Å². The van der Waals surface area contributed by atoms with Crippen LogP contribution in [0.4, 0.5) is 0 Å². The number of carbonyl (C=O) groups is 1. The van der Waals surface area contributed by atoms with Crippen LogP contribution in [-0.2, 0) is 9.53 Å². The van der Waals surface area contributed by atoms with Gasteiger partial charge in [0.05, 0.1) is 28.9 Å². The molecule has 0 bridgehead atoms. The van der Waals surface area contributed by atoms with Gasteiger partial charge in [0.25, 0.3) is 0 Å². The molecule has 0 aliphatic rings. The van der Waals surface area contributed by atoms with E-state index in [1.807, 2.05) is 35.6 Å². The first kappa shape index (κ1) is 14.6. The Balaban J connectivity index is 3.01. The lowest BCUT2D eigenvalue weighted by Gasteiger charge is -2.13. The zero-order chi connectivity index (χ0) is 13.5. The molecule has 0 saturated carbocycles. The maximum Gasteiger partial charge on any atom is 0.343 e. The van der Waals surface area contributed by atoms with Crippen molar-refractivity contribution in [2.75, 3.05) is 20.3 Å². The third-order valence-corrected chi connectivity index (χ3v) is 2.80. The molecule has 0 aromatic heterocycles. The summed E-state index contributed by atoms with van der Waals surface area (Å²) in [6.07, 6.45) is 0. The van der Waals surface area contributed by atoms with E-state index in [0.29, 0.717) is 27.2 Å². The minimum atomic E-state index is -0.474. The molecule has 1 aromatic carbocycles. The van der Waals surface area contributed by atoms with Gasteiger partial charge in [-0.05, 0) is 35.6 Å². The van der Waals surface area contributed by atoms with Crippen LogP contribution in [0.2, 0.25) is 0 Å². The Morgan fingerprint density at radius 2 is 2.17 bits per heavy atom. The second-order valence-electron chi connectivity index (χ2n) is 3.19. The molecule has 6 heteroatoms. The SMILES string of the molecule is CCOc1cc(C#N)cc(I)c1OCC(=O)OC. The van der Waals surface area contributed by atoms with Crippen molar-refractivity contribution in [3.05, 3.63) is 21.3 Å². The minimum Gasteiger partial charge on any atom is -0.490 e. The number of esters is 1. The Morgan fingerprint density at radius 3 is 2.72 bits per heavy atom. The molecule has 0 aliphatic carbocycles. The van der Waals surface area contributed by atoms with Crippen LogP contribution in [0.25, 0.3) is 0 Å². The molecule has 0 heterocycles. The predicted molar refractivity (Wildman–Crippen MR) is 72.6 cm³/mol. The van der Waals surface area contributed by atoms with E-state index in [1.54, 1.807) is 12.1 Å². The highest BCUT2D eigenvalue weighted by molar-refractivity contribution is 14.1. The third-order valence-electron chi connectivity index (χ3n) is 2.00. The number of carbonyl (C=O) groups excluding carboxylic acids is 1. The van der Waals surface area contributed by atoms with E-state index in [0.717, 1.165) is 0 Å². The van der Waals surface area contributed by atoms with Crippen LogP contribution in [-0.4, -0.2) is 26.3 Å². The van der Waals surface area contributed by atoms with Gasteiger partial charge < -0.3 is 14.2 Å². The topological polar surface area (TPSA) is 68.5 Å². The fraction of sp³-hybridized carbons (Fsp3) is 0.333. The van der Waals surface area contributed by atoms with Gasteiger partial charge in [0.2, 0.25) is 0 Å². The zero-order valence-corrected chi connectivity index (χ0v) is 12.2. The lowest BCUT2D eigenvalue weighted by Crippen LogP contribution is -2.14. The molecule has 0 radical (unpaired) electrons. The lowest BCUT2D eigenvalue weighted by molar-refractivity contribution is -0.142. The molecule has 5 nitrogen and oxygen atoms in total. The normalized spacial score (nSPS) is 9.44. The van der Waals surface area contributed by atoms with Gasteiger partial charge in [0.15, 0.2) is 18.1 Å². The van der Waals surface area contributed by atoms with Crippen LogP contribution in [0.3, 0.4) is 0 Å². The smallest absolute Gasteiger partial charge is 0.343 e. The number of nitrogens with zero attached hydrogens (tertiary/aromatic N) is 1. The monoisotopic (exact) mass is 361 g/mol. The number of rotatable bonds is 5. The number of hydrogen-bond donors (Lipinski definition) is 0. The third kappa shape index (κ3) is 3.77. The van der Waals surface area contributed by atoms with Gasteiger partial charge in [0, 0.05) is 6.07 Å². The van der Waals surface area contributed by atoms with E-state index in [2.05, 4.69) is 4.74 Å². The van der Waals surface area contributed by atoms with E-state index in [4.69, 9.17) is 14.7 Å². The van der Waals surface area contributed by atoms with Gasteiger partial charge in [-0.1, -0.05) is 0 Å². The summed E-state index contributed by atoms with van der Waals surface area (Å²) in [5.74, 6) is 0.421. The molecule has 1 aromatic rings. The maximum absolute atomic E-state index is 11.0. The molecule has 0 aliphatic heterocycles. The average molecular weight is 361 g/mol. The van der Waals surface area contributed by atoms with Crippen molar-refractivity contribution in [3.8, 4) is 17.6 Å². The van der Waals surface area contributed by atoms with E-state index in [-0.39, 0.29) is 6.61 Å². The summed E-state index contributed by atoms with van der Waals surface area (Å²) in [5, 5.41) is 8.88. The van der Waals surface area contributed by atoms with Gasteiger partial charge in [-0.25, -0.2) is 4.79 Å². The molecule has 0 fully saturated rings. The van der Waals surface area contributed by atoms with Crippen LogP contribution in [0.15, 0.2) is 12.1 Å². The molecule has 96 valence electrons. The largest absolute Gasteiger partial charge is 0.490 e. The van der Waals surface area contributed by atoms with Gasteiger partial charge in [0.1, 0.15) is 0 Å². The first-order valence-corrected chi connectivity index (χ1v) is 6.26. The predicted octanol–water partition coefficient (Wildman–Crippen LogP) is 2.11. The molecule has 1 rings (SSSR count). The summed E-state index contributed by atoms with van der Waals surface area (Å²) in [6, 6.07) is 5.28. The Kier molecular flexibility index (Phi) is 5.71. The summed E-state index contributed by atoms with van der Waals surface area (Å²) in [4.78, 5) is 11.0. The highest BCUT2D eigenvalue weighted by Gasteiger charge is 2.13. The molecule has 0 N–H and O–H groups in total. The van der Waals surface area contributed by atoms with Gasteiger partial charge in [-0.3, -0.25) is 0 Å². The van der Waals surface area contributed by atoms with Crippen LogP contribution < -0.4 is 9.47 Å². The van der Waals surface area contributed by atoms with Crippen LogP contribution in [0.1, 0.15) is 12.5 Å². The summed E-state index contributed by atoms with van der Waals surface area (Å²) in [5.41, 5.74) is 0.480. The zero-order valence-electron chi connectivity index (χ0n) is 10.0. The Morgan fingerprint density at radius 1 is 1.44 bits per heavy atom. The number of halogens is 1. The summed E-state index contributed by atoms with van der Waals surface area (Å²) in [6.45, 7) is 2.08. The number of nitriles is 1. The molecule has 0 saturated heterocycles. The highest BCUT2D eigenvalue weighted by Crippen LogP contribution is 2.34. The van der Waals surface area contributed by atoms with Gasteiger partial charge >= 0.3 is 5.97 Å². The van der Waals surface area contributed by atoms with Crippen LogP contribution in [0, 0.1) is 14.9 Å². The maximum atomic E-state index is 11.0. The highest BCUT2D eigenvalue weighted by atomic mass is 127. The number of ether oxygens (including phenoxy) is 3. The van der Waals surface area contributed by atoms with E-state index < -0.39 is 5.97 Å². The second-order valence-corrected chi connectivity index (χ2v) is 4.36. The number of hydrogen-bond acceptors (Lipinski definition) is 5. The first-order chi connectivity index (χ1) is 8.62. The van der Waals surface area contributed by atoms with Gasteiger partial charge in [-0.15, -0.1) is 0 Å². The molecule has 0 unspecified atom stereocenters. The average Bonchev–Trinajstić information content (AvgIpc) is 2.37. The Hall–Kier alpha value is -1.49. The summed E-state index contributed by atoms with van der Waals surface area (Å²) < 4.78 is 16.0. The van der Waals surface area contributed by atoms with Crippen molar-refractivity contribution >= 4 is 28.6 Å². The number of benzene rings is 1. The number of methoxy groups -OCH3 is 1.